The van der Waals surface area contributed by atoms with Gasteiger partial charge in [0.25, 0.3) is 0 Å². The third-order valence-electron chi connectivity index (χ3n) is 12.3. The van der Waals surface area contributed by atoms with Crippen molar-refractivity contribution >= 4 is 17.8 Å². The fourth-order valence-electron chi connectivity index (χ4n) is 9.37. The molecule has 0 radical (unpaired) electrons. The molecular formula is C41H74N6O5. The van der Waals surface area contributed by atoms with Crippen LogP contribution < -0.4 is 16.8 Å². The minimum Gasteiger partial charge on any atom is -0.460 e. The number of hydrogen-bond acceptors (Lipinski definition) is 10. The Morgan fingerprint density at radius 3 is 2.08 bits per heavy atom. The van der Waals surface area contributed by atoms with Crippen LogP contribution in [0.25, 0.3) is 0 Å². The molecule has 4 fully saturated rings. The average molecular weight is 731 g/mol. The van der Waals surface area contributed by atoms with Crippen molar-refractivity contribution in [3.63, 3.8) is 0 Å². The van der Waals surface area contributed by atoms with E-state index in [9.17, 15) is 9.59 Å². The van der Waals surface area contributed by atoms with Crippen molar-refractivity contribution in [2.24, 2.45) is 16.5 Å². The molecule has 5 N–H and O–H groups in total. The van der Waals surface area contributed by atoms with Gasteiger partial charge in [-0.1, -0.05) is 70.6 Å². The topological polar surface area (TPSA) is 145 Å². The molecule has 5 heterocycles. The molecular weight excluding hydrogens is 656 g/mol. The number of guanidine groups is 1. The summed E-state index contributed by atoms with van der Waals surface area (Å²) in [6, 6.07) is 0.385. The standard InChI is InChI=1S/C41H74N6O5/c42-25-16-17-27-46(28-20-26-43)37(48)21-12-9-7-5-3-1-2-4-6-8-10-13-22-38(49)52-36-31-34-32-40(23-14-11-18-29-50-40)44-39-45-41(24-15-19-30-51-41)33-35(36)47(34)39/h34-36H,1-33,42-43H2,(H,44,45)/t34-,35-,36-,40-,41+/m0/s1. The number of hydrogen-bond donors (Lipinski definition) is 3. The fourth-order valence-corrected chi connectivity index (χ4v) is 9.37. The van der Waals surface area contributed by atoms with Crippen LogP contribution in [0.2, 0.25) is 0 Å². The highest BCUT2D eigenvalue weighted by atomic mass is 16.5. The van der Waals surface area contributed by atoms with E-state index in [0.717, 1.165) is 135 Å². The van der Waals surface area contributed by atoms with E-state index in [1.165, 1.54) is 57.8 Å². The second-order valence-corrected chi connectivity index (χ2v) is 16.5. The number of ether oxygens (including phenoxy) is 3. The lowest BCUT2D eigenvalue weighted by atomic mass is 9.91. The maximum absolute atomic E-state index is 13.2. The lowest BCUT2D eigenvalue weighted by Gasteiger charge is -2.52. The first-order valence-corrected chi connectivity index (χ1v) is 21.8. The number of carbonyl (C=O) groups is 2. The van der Waals surface area contributed by atoms with Gasteiger partial charge in [0.15, 0.2) is 11.7 Å². The highest BCUT2D eigenvalue weighted by molar-refractivity contribution is 5.84. The molecule has 2 spiro atoms. The van der Waals surface area contributed by atoms with Crippen LogP contribution >= 0.6 is 0 Å². The first kappa shape index (κ1) is 41.2. The molecule has 5 atom stereocenters. The smallest absolute Gasteiger partial charge is 0.306 e. The van der Waals surface area contributed by atoms with Gasteiger partial charge in [-0.3, -0.25) is 9.59 Å². The Kier molecular flexibility index (Phi) is 17.3. The highest BCUT2D eigenvalue weighted by Gasteiger charge is 2.58. The van der Waals surface area contributed by atoms with E-state index in [1.54, 1.807) is 0 Å². The number of nitrogens with two attached hydrogens (primary N) is 2. The summed E-state index contributed by atoms with van der Waals surface area (Å²) >= 11 is 0. The van der Waals surface area contributed by atoms with Gasteiger partial charge in [-0.2, -0.15) is 0 Å². The van der Waals surface area contributed by atoms with Crippen LogP contribution in [-0.2, 0) is 23.8 Å². The second-order valence-electron chi connectivity index (χ2n) is 16.5. The van der Waals surface area contributed by atoms with E-state index in [2.05, 4.69) is 10.2 Å². The van der Waals surface area contributed by atoms with Gasteiger partial charge in [0.2, 0.25) is 5.91 Å². The molecule has 0 saturated carbocycles. The largest absolute Gasteiger partial charge is 0.460 e. The molecule has 0 aromatic rings. The van der Waals surface area contributed by atoms with Crippen LogP contribution in [-0.4, -0.2) is 96.7 Å². The number of esters is 1. The van der Waals surface area contributed by atoms with E-state index in [4.69, 9.17) is 30.7 Å². The first-order chi connectivity index (χ1) is 25.5. The van der Waals surface area contributed by atoms with Crippen molar-refractivity contribution < 1.29 is 23.8 Å². The molecule has 11 heteroatoms. The summed E-state index contributed by atoms with van der Waals surface area (Å²) in [7, 11) is 0. The number of aliphatic imine (C=N–C) groups is 1. The lowest BCUT2D eigenvalue weighted by molar-refractivity contribution is -0.153. The van der Waals surface area contributed by atoms with Gasteiger partial charge in [0.05, 0.1) is 6.04 Å². The molecule has 298 valence electrons. The molecule has 52 heavy (non-hydrogen) atoms. The Morgan fingerprint density at radius 2 is 1.38 bits per heavy atom. The molecule has 0 aliphatic carbocycles. The molecule has 4 saturated heterocycles. The van der Waals surface area contributed by atoms with Crippen LogP contribution in [0, 0.1) is 0 Å². The maximum atomic E-state index is 13.2. The Labute approximate surface area is 315 Å². The van der Waals surface area contributed by atoms with E-state index in [0.29, 0.717) is 25.9 Å². The summed E-state index contributed by atoms with van der Waals surface area (Å²) in [5, 5.41) is 3.77. The number of nitrogens with one attached hydrogen (secondary N) is 1. The molecule has 5 aliphatic rings. The SMILES string of the molecule is NCCCCN(CCCN)C(=O)CCCCCCCCCCCCCCC(=O)O[C@H]1C[C@H]2C[C@@]3(CCCCCO3)NC3=N[C@@]4(CCCCO4)C[C@@H]1N32. The Hall–Kier alpha value is -1.95. The zero-order valence-corrected chi connectivity index (χ0v) is 32.6. The molecule has 5 aliphatic heterocycles. The van der Waals surface area contributed by atoms with Crippen molar-refractivity contribution in [2.75, 3.05) is 39.4 Å². The van der Waals surface area contributed by atoms with Gasteiger partial charge in [0, 0.05) is 64.4 Å². The van der Waals surface area contributed by atoms with E-state index in [1.807, 2.05) is 4.90 Å². The summed E-state index contributed by atoms with van der Waals surface area (Å²) in [6.45, 7) is 4.43. The van der Waals surface area contributed by atoms with Crippen molar-refractivity contribution in [3.05, 3.63) is 0 Å². The predicted octanol–water partition coefficient (Wildman–Crippen LogP) is 6.66. The van der Waals surface area contributed by atoms with Gasteiger partial charge in [-0.15, -0.1) is 0 Å². The highest BCUT2D eigenvalue weighted by Crippen LogP contribution is 2.46. The quantitative estimate of drug-likeness (QED) is 0.0777. The normalized spacial score (nSPS) is 28.3. The van der Waals surface area contributed by atoms with Gasteiger partial charge < -0.3 is 40.8 Å². The minimum absolute atomic E-state index is 0.0447. The van der Waals surface area contributed by atoms with Crippen LogP contribution in [0.4, 0.5) is 0 Å². The molecule has 0 aromatic heterocycles. The van der Waals surface area contributed by atoms with Crippen LogP contribution in [0.15, 0.2) is 4.99 Å². The predicted molar refractivity (Wildman–Crippen MR) is 207 cm³/mol. The van der Waals surface area contributed by atoms with Crippen molar-refractivity contribution in [1.29, 1.82) is 0 Å². The Morgan fingerprint density at radius 1 is 0.750 bits per heavy atom. The maximum Gasteiger partial charge on any atom is 0.306 e. The van der Waals surface area contributed by atoms with E-state index >= 15 is 0 Å². The molecule has 0 bridgehead atoms. The third-order valence-corrected chi connectivity index (χ3v) is 12.3. The molecule has 1 amide bonds. The second kappa shape index (κ2) is 21.8. The third kappa shape index (κ3) is 12.3. The summed E-state index contributed by atoms with van der Waals surface area (Å²) in [5.74, 6) is 1.15. The van der Waals surface area contributed by atoms with Crippen LogP contribution in [0.5, 0.6) is 0 Å². The van der Waals surface area contributed by atoms with Crippen molar-refractivity contribution in [3.8, 4) is 0 Å². The Balaban J connectivity index is 0.912. The number of carbonyl (C=O) groups excluding carboxylic acids is 2. The first-order valence-electron chi connectivity index (χ1n) is 21.8. The number of amides is 1. The van der Waals surface area contributed by atoms with Crippen LogP contribution in [0.3, 0.4) is 0 Å². The molecule has 0 aromatic carbocycles. The van der Waals surface area contributed by atoms with Gasteiger partial charge in [-0.05, 0) is 83.7 Å². The van der Waals surface area contributed by atoms with Crippen molar-refractivity contribution in [2.45, 2.75) is 203 Å². The Bertz CT molecular complexity index is 1090. The summed E-state index contributed by atoms with van der Waals surface area (Å²) in [5.41, 5.74) is 10.4. The fraction of sp³-hybridized carbons (Fsp3) is 0.927. The monoisotopic (exact) mass is 731 g/mol. The van der Waals surface area contributed by atoms with E-state index in [-0.39, 0.29) is 35.8 Å². The summed E-state index contributed by atoms with van der Waals surface area (Å²) < 4.78 is 19.2. The number of rotatable bonds is 23. The summed E-state index contributed by atoms with van der Waals surface area (Å²) in [6.07, 6.45) is 28.2. The number of unbranched alkanes of at least 4 members (excludes halogenated alkanes) is 12. The van der Waals surface area contributed by atoms with Gasteiger partial charge >= 0.3 is 5.97 Å². The molecule has 11 nitrogen and oxygen atoms in total. The minimum atomic E-state index is -0.510. The number of nitrogens with zero attached hydrogens (tertiary/aromatic N) is 3. The van der Waals surface area contributed by atoms with Crippen LogP contribution in [0.1, 0.15) is 173 Å². The molecule has 5 rings (SSSR count). The van der Waals surface area contributed by atoms with Gasteiger partial charge in [-0.25, -0.2) is 4.99 Å². The zero-order valence-electron chi connectivity index (χ0n) is 32.6. The average Bonchev–Trinajstić information content (AvgIpc) is 3.30. The van der Waals surface area contributed by atoms with E-state index < -0.39 is 5.72 Å². The summed E-state index contributed by atoms with van der Waals surface area (Å²) in [4.78, 5) is 35.5. The lowest BCUT2D eigenvalue weighted by Crippen LogP contribution is -2.68. The van der Waals surface area contributed by atoms with Crippen molar-refractivity contribution in [1.82, 2.24) is 15.1 Å². The molecule has 0 unspecified atom stereocenters. The zero-order chi connectivity index (χ0) is 36.5. The van der Waals surface area contributed by atoms with Gasteiger partial charge in [0.1, 0.15) is 11.8 Å².